The molecular weight excluding hydrogens is 354 g/mol. The maximum atomic E-state index is 5.75. The summed E-state index contributed by atoms with van der Waals surface area (Å²) in [5, 5.41) is 4.58. The molecule has 0 bridgehead atoms. The minimum Gasteiger partial charge on any atom is -0.493 e. The van der Waals surface area contributed by atoms with Crippen LogP contribution in [0.2, 0.25) is 0 Å². The van der Waals surface area contributed by atoms with Gasteiger partial charge in [0, 0.05) is 5.56 Å². The number of hydrogen-bond acceptors (Lipinski definition) is 6. The number of benzene rings is 1. The monoisotopic (exact) mass is 380 g/mol. The first-order valence-corrected chi connectivity index (χ1v) is 9.29. The molecule has 8 heteroatoms. The fourth-order valence-electron chi connectivity index (χ4n) is 3.33. The molecule has 1 aliphatic rings. The second-order valence-electron chi connectivity index (χ2n) is 6.41. The zero-order valence-electron chi connectivity index (χ0n) is 15.5. The predicted octanol–water partition coefficient (Wildman–Crippen LogP) is 2.31. The van der Waals surface area contributed by atoms with Gasteiger partial charge in [-0.25, -0.2) is 0 Å². The Morgan fingerprint density at radius 1 is 1.04 bits per heavy atom. The first-order valence-electron chi connectivity index (χ1n) is 8.88. The molecule has 3 rings (SSSR count). The number of rotatable bonds is 6. The van der Waals surface area contributed by atoms with Gasteiger partial charge in [0.05, 0.1) is 34.4 Å². The second kappa shape index (κ2) is 8.55. The molecule has 1 fully saturated rings. The molecule has 26 heavy (non-hydrogen) atoms. The third-order valence-corrected chi connectivity index (χ3v) is 5.00. The normalized spacial score (nSPS) is 15.5. The molecule has 1 aromatic heterocycles. The first-order chi connectivity index (χ1) is 12.7. The quantitative estimate of drug-likeness (QED) is 0.776. The van der Waals surface area contributed by atoms with Gasteiger partial charge in [-0.3, -0.25) is 0 Å². The molecule has 0 spiro atoms. The Morgan fingerprint density at radius 3 is 2.19 bits per heavy atom. The zero-order chi connectivity index (χ0) is 18.5. The van der Waals surface area contributed by atoms with Crippen molar-refractivity contribution in [2.75, 3.05) is 34.4 Å². The number of hydrogen-bond donors (Lipinski definition) is 1. The minimum atomic E-state index is 0.380. The van der Waals surface area contributed by atoms with Crippen LogP contribution in [0.5, 0.6) is 17.2 Å². The number of nitrogens with zero attached hydrogens (tertiary/aromatic N) is 2. The summed E-state index contributed by atoms with van der Waals surface area (Å²) in [4.78, 5) is 1.87. The fraction of sp³-hybridized carbons (Fsp3) is 0.556. The summed E-state index contributed by atoms with van der Waals surface area (Å²) in [7, 11) is 4.74. The topological polar surface area (TPSA) is 63.1 Å². The third kappa shape index (κ3) is 4.02. The van der Waals surface area contributed by atoms with E-state index >= 15 is 0 Å². The van der Waals surface area contributed by atoms with Crippen LogP contribution in [0.4, 0.5) is 0 Å². The van der Waals surface area contributed by atoms with Crippen LogP contribution in [-0.2, 0) is 6.67 Å². The lowest BCUT2D eigenvalue weighted by Crippen LogP contribution is -3.11. The molecule has 1 N–H and O–H groups in total. The standard InChI is InChI=1S/C18H25N3O4S/c1-22-14-10-13(11-15(23-2)16(14)24-3)17-19-21(18(26)25-17)12-20-8-6-4-5-7-9-20/h10-11H,4-9,12H2,1-3H3/p+1. The lowest BCUT2D eigenvalue weighted by Gasteiger charge is -2.15. The number of quaternary nitrogens is 1. The van der Waals surface area contributed by atoms with Crippen molar-refractivity contribution < 1.29 is 23.5 Å². The molecule has 142 valence electrons. The molecule has 1 aliphatic heterocycles. The minimum absolute atomic E-state index is 0.380. The van der Waals surface area contributed by atoms with Gasteiger partial charge in [0.1, 0.15) is 0 Å². The number of methoxy groups -OCH3 is 3. The smallest absolute Gasteiger partial charge is 0.292 e. The molecule has 0 aliphatic carbocycles. The summed E-state index contributed by atoms with van der Waals surface area (Å²) >= 11 is 5.38. The van der Waals surface area contributed by atoms with Gasteiger partial charge >= 0.3 is 0 Å². The van der Waals surface area contributed by atoms with Crippen LogP contribution in [0.3, 0.4) is 0 Å². The third-order valence-electron chi connectivity index (χ3n) is 4.70. The van der Waals surface area contributed by atoms with Crippen LogP contribution in [0.15, 0.2) is 16.5 Å². The Bertz CT molecular complexity index is 769. The van der Waals surface area contributed by atoms with Crippen molar-refractivity contribution in [2.24, 2.45) is 0 Å². The molecule has 2 heterocycles. The Morgan fingerprint density at radius 2 is 1.65 bits per heavy atom. The van der Waals surface area contributed by atoms with E-state index < -0.39 is 0 Å². The van der Waals surface area contributed by atoms with Gasteiger partial charge in [0.25, 0.3) is 4.84 Å². The highest BCUT2D eigenvalue weighted by Crippen LogP contribution is 2.40. The number of nitrogens with one attached hydrogen (secondary N) is 1. The highest BCUT2D eigenvalue weighted by Gasteiger charge is 2.19. The molecule has 0 atom stereocenters. The van der Waals surface area contributed by atoms with Crippen LogP contribution in [0, 0.1) is 4.84 Å². The zero-order valence-corrected chi connectivity index (χ0v) is 16.4. The van der Waals surface area contributed by atoms with Gasteiger partial charge in [-0.1, -0.05) is 0 Å². The van der Waals surface area contributed by atoms with Gasteiger partial charge in [0.2, 0.25) is 11.6 Å². The van der Waals surface area contributed by atoms with Gasteiger partial charge in [-0.15, -0.1) is 5.10 Å². The Kier molecular flexibility index (Phi) is 6.16. The van der Waals surface area contributed by atoms with E-state index in [-0.39, 0.29) is 0 Å². The van der Waals surface area contributed by atoms with Crippen molar-refractivity contribution >= 4 is 12.2 Å². The van der Waals surface area contributed by atoms with E-state index in [9.17, 15) is 0 Å². The van der Waals surface area contributed by atoms with Crippen LogP contribution >= 0.6 is 12.2 Å². The van der Waals surface area contributed by atoms with Crippen molar-refractivity contribution in [3.63, 3.8) is 0 Å². The lowest BCUT2D eigenvalue weighted by molar-refractivity contribution is -0.922. The van der Waals surface area contributed by atoms with E-state index in [1.54, 1.807) is 26.0 Å². The van der Waals surface area contributed by atoms with Crippen LogP contribution < -0.4 is 19.1 Å². The number of aromatic nitrogens is 2. The summed E-state index contributed by atoms with van der Waals surface area (Å²) in [6.45, 7) is 3.02. The Hall–Kier alpha value is -2.06. The molecule has 0 radical (unpaired) electrons. The van der Waals surface area contributed by atoms with Crippen molar-refractivity contribution in [3.05, 3.63) is 17.0 Å². The summed E-state index contributed by atoms with van der Waals surface area (Å²) in [6, 6.07) is 3.62. The molecular formula is C18H26N3O4S+. The van der Waals surface area contributed by atoms with Crippen LogP contribution in [-0.4, -0.2) is 44.2 Å². The molecule has 1 saturated heterocycles. The van der Waals surface area contributed by atoms with Gasteiger partial charge < -0.3 is 23.5 Å². The van der Waals surface area contributed by atoms with Crippen molar-refractivity contribution in [3.8, 4) is 28.7 Å². The second-order valence-corrected chi connectivity index (χ2v) is 6.76. The van der Waals surface area contributed by atoms with E-state index in [0.29, 0.717) is 28.0 Å². The average Bonchev–Trinajstić information content (AvgIpc) is 2.85. The maximum Gasteiger partial charge on any atom is 0.292 e. The molecule has 2 aromatic rings. The summed E-state index contributed by atoms with van der Waals surface area (Å²) in [5.41, 5.74) is 0.732. The van der Waals surface area contributed by atoms with Crippen molar-refractivity contribution in [1.82, 2.24) is 9.78 Å². The van der Waals surface area contributed by atoms with Gasteiger partial charge in [0.15, 0.2) is 18.2 Å². The van der Waals surface area contributed by atoms with E-state index in [1.807, 2.05) is 12.1 Å². The van der Waals surface area contributed by atoms with Crippen molar-refractivity contribution in [2.45, 2.75) is 32.4 Å². The van der Waals surface area contributed by atoms with Crippen molar-refractivity contribution in [1.29, 1.82) is 0 Å². The Labute approximate surface area is 158 Å². The molecule has 0 saturated carbocycles. The van der Waals surface area contributed by atoms with Crippen LogP contribution in [0.1, 0.15) is 25.7 Å². The van der Waals surface area contributed by atoms with E-state index in [4.69, 9.17) is 30.8 Å². The molecule has 0 unspecified atom stereocenters. The number of likely N-dealkylation sites (tertiary alicyclic amines) is 1. The maximum absolute atomic E-state index is 5.75. The van der Waals surface area contributed by atoms with Crippen LogP contribution in [0.25, 0.3) is 11.5 Å². The highest BCUT2D eigenvalue weighted by atomic mass is 32.1. The average molecular weight is 380 g/mol. The summed E-state index contributed by atoms with van der Waals surface area (Å²) in [5.74, 6) is 2.08. The molecule has 0 amide bonds. The van der Waals surface area contributed by atoms with E-state index in [1.165, 1.54) is 30.6 Å². The lowest BCUT2D eigenvalue weighted by atomic mass is 10.2. The van der Waals surface area contributed by atoms with E-state index in [0.717, 1.165) is 25.3 Å². The predicted molar refractivity (Wildman–Crippen MR) is 99.6 cm³/mol. The van der Waals surface area contributed by atoms with Gasteiger partial charge in [-0.05, 0) is 50.0 Å². The Balaban J connectivity index is 1.89. The highest BCUT2D eigenvalue weighted by molar-refractivity contribution is 7.71. The number of ether oxygens (including phenoxy) is 3. The van der Waals surface area contributed by atoms with Gasteiger partial charge in [-0.2, -0.15) is 4.68 Å². The summed E-state index contributed by atoms with van der Waals surface area (Å²) in [6.07, 6.45) is 5.12. The fourth-order valence-corrected chi connectivity index (χ4v) is 3.51. The SMILES string of the molecule is COc1cc(-c2nn(C[NH+]3CCCCCC3)c(=S)o2)cc(OC)c1OC. The summed E-state index contributed by atoms with van der Waals surface area (Å²) < 4.78 is 23.7. The molecule has 7 nitrogen and oxygen atoms in total. The first kappa shape index (κ1) is 18.7. The molecule has 1 aromatic carbocycles. The van der Waals surface area contributed by atoms with E-state index in [2.05, 4.69) is 5.10 Å². The largest absolute Gasteiger partial charge is 0.493 e.